The van der Waals surface area contributed by atoms with Gasteiger partial charge in [0.15, 0.2) is 9.84 Å². The molecule has 3 aromatic rings. The first kappa shape index (κ1) is 19.4. The Morgan fingerprint density at radius 3 is 2.19 bits per heavy atom. The highest BCUT2D eigenvalue weighted by molar-refractivity contribution is 7.90. The summed E-state index contributed by atoms with van der Waals surface area (Å²) in [5.74, 6) is 0. The van der Waals surface area contributed by atoms with Gasteiger partial charge in [0.1, 0.15) is 0 Å². The molecule has 3 aromatic carbocycles. The Balaban J connectivity index is 2.26. The van der Waals surface area contributed by atoms with Crippen molar-refractivity contribution in [3.63, 3.8) is 0 Å². The molecule has 0 aliphatic rings. The SMILES string of the molecule is Cc1cc(-c2ccc(S(C)(=O)=O)cc2)c2ccc(N(C)C)cc2c1CCO. The van der Waals surface area contributed by atoms with Gasteiger partial charge in [0.25, 0.3) is 0 Å². The number of hydrogen-bond donors (Lipinski definition) is 1. The molecule has 0 amide bonds. The molecule has 0 aromatic heterocycles. The highest BCUT2D eigenvalue weighted by Crippen LogP contribution is 2.35. The number of aliphatic hydroxyl groups is 1. The van der Waals surface area contributed by atoms with Crippen molar-refractivity contribution in [3.8, 4) is 11.1 Å². The minimum Gasteiger partial charge on any atom is -0.396 e. The average molecular weight is 384 g/mol. The van der Waals surface area contributed by atoms with Crippen molar-refractivity contribution in [3.05, 3.63) is 59.7 Å². The Kier molecular flexibility index (Phi) is 5.27. The lowest BCUT2D eigenvalue weighted by atomic mass is 9.90. The lowest BCUT2D eigenvalue weighted by Crippen LogP contribution is -2.08. The van der Waals surface area contributed by atoms with Crippen molar-refractivity contribution < 1.29 is 13.5 Å². The lowest BCUT2D eigenvalue weighted by Gasteiger charge is -2.18. The third-order valence-electron chi connectivity index (χ3n) is 4.93. The van der Waals surface area contributed by atoms with Crippen LogP contribution in [0.5, 0.6) is 0 Å². The minimum absolute atomic E-state index is 0.102. The van der Waals surface area contributed by atoms with Gasteiger partial charge in [-0.05, 0) is 70.6 Å². The standard InChI is InChI=1S/C22H25NO3S/c1-15-13-21(16-5-8-18(9-6-16)27(4,25)26)20-10-7-17(23(2)3)14-22(20)19(15)11-12-24/h5-10,13-14,24H,11-12H2,1-4H3. The van der Waals surface area contributed by atoms with Gasteiger partial charge in [0.05, 0.1) is 4.90 Å². The van der Waals surface area contributed by atoms with Crippen LogP contribution in [0.25, 0.3) is 21.9 Å². The molecule has 1 N–H and O–H groups in total. The summed E-state index contributed by atoms with van der Waals surface area (Å²) in [5, 5.41) is 11.7. The van der Waals surface area contributed by atoms with Crippen molar-refractivity contribution in [2.45, 2.75) is 18.2 Å². The fraction of sp³-hybridized carbons (Fsp3) is 0.273. The molecular weight excluding hydrogens is 358 g/mol. The Bertz CT molecular complexity index is 1080. The smallest absolute Gasteiger partial charge is 0.175 e. The fourth-order valence-corrected chi connectivity index (χ4v) is 4.08. The molecule has 0 saturated carbocycles. The Morgan fingerprint density at radius 1 is 0.963 bits per heavy atom. The molecule has 0 unspecified atom stereocenters. The lowest BCUT2D eigenvalue weighted by molar-refractivity contribution is 0.300. The number of sulfone groups is 1. The number of anilines is 1. The third kappa shape index (κ3) is 3.84. The number of hydrogen-bond acceptors (Lipinski definition) is 4. The second-order valence-electron chi connectivity index (χ2n) is 7.11. The fourth-order valence-electron chi connectivity index (χ4n) is 3.45. The molecule has 0 saturated heterocycles. The normalized spacial score (nSPS) is 11.7. The van der Waals surface area contributed by atoms with Crippen LogP contribution in [0.2, 0.25) is 0 Å². The van der Waals surface area contributed by atoms with Crippen molar-refractivity contribution >= 4 is 26.3 Å². The molecule has 0 heterocycles. The van der Waals surface area contributed by atoms with E-state index in [-0.39, 0.29) is 6.61 Å². The van der Waals surface area contributed by atoms with E-state index in [0.29, 0.717) is 11.3 Å². The second-order valence-corrected chi connectivity index (χ2v) is 9.13. The summed E-state index contributed by atoms with van der Waals surface area (Å²) in [6, 6.07) is 15.5. The summed E-state index contributed by atoms with van der Waals surface area (Å²) in [6.07, 6.45) is 1.82. The predicted octanol–water partition coefficient (Wildman–Crippen LogP) is 3.82. The topological polar surface area (TPSA) is 57.6 Å². The molecule has 3 rings (SSSR count). The molecule has 0 aliphatic heterocycles. The van der Waals surface area contributed by atoms with E-state index >= 15 is 0 Å². The summed E-state index contributed by atoms with van der Waals surface area (Å²) < 4.78 is 23.5. The van der Waals surface area contributed by atoms with Crippen molar-refractivity contribution in [2.75, 3.05) is 31.9 Å². The van der Waals surface area contributed by atoms with Gasteiger partial charge in [-0.15, -0.1) is 0 Å². The van der Waals surface area contributed by atoms with Crippen molar-refractivity contribution in [1.29, 1.82) is 0 Å². The molecule has 0 atom stereocenters. The maximum absolute atomic E-state index is 11.7. The number of aliphatic hydroxyl groups excluding tert-OH is 1. The quantitative estimate of drug-likeness (QED) is 0.728. The molecular formula is C22H25NO3S. The summed E-state index contributed by atoms with van der Waals surface area (Å²) in [4.78, 5) is 2.38. The van der Waals surface area contributed by atoms with E-state index in [9.17, 15) is 13.5 Å². The van der Waals surface area contributed by atoms with Crippen LogP contribution in [-0.2, 0) is 16.3 Å². The van der Waals surface area contributed by atoms with Gasteiger partial charge >= 0.3 is 0 Å². The van der Waals surface area contributed by atoms with Crippen LogP contribution in [0, 0.1) is 6.92 Å². The maximum Gasteiger partial charge on any atom is 0.175 e. The first-order valence-electron chi connectivity index (χ1n) is 8.87. The molecule has 0 fully saturated rings. The predicted molar refractivity (Wildman–Crippen MR) is 112 cm³/mol. The molecule has 5 heteroatoms. The zero-order chi connectivity index (χ0) is 19.8. The second kappa shape index (κ2) is 7.33. The first-order chi connectivity index (χ1) is 12.7. The summed E-state index contributed by atoms with van der Waals surface area (Å²) in [7, 11) is 0.800. The number of benzene rings is 3. The Morgan fingerprint density at radius 2 is 1.63 bits per heavy atom. The zero-order valence-electron chi connectivity index (χ0n) is 16.2. The van der Waals surface area contributed by atoms with Gasteiger partial charge in [0, 0.05) is 32.6 Å². The third-order valence-corrected chi connectivity index (χ3v) is 6.06. The molecule has 0 bridgehead atoms. The van der Waals surface area contributed by atoms with E-state index in [1.54, 1.807) is 12.1 Å². The summed E-state index contributed by atoms with van der Waals surface area (Å²) >= 11 is 0. The molecule has 0 radical (unpaired) electrons. The molecule has 0 aliphatic carbocycles. The molecule has 27 heavy (non-hydrogen) atoms. The molecule has 142 valence electrons. The van der Waals surface area contributed by atoms with Crippen molar-refractivity contribution in [2.24, 2.45) is 0 Å². The van der Waals surface area contributed by atoms with Gasteiger partial charge in [0.2, 0.25) is 0 Å². The van der Waals surface area contributed by atoms with Crippen LogP contribution >= 0.6 is 0 Å². The van der Waals surface area contributed by atoms with E-state index in [0.717, 1.165) is 38.7 Å². The zero-order valence-corrected chi connectivity index (χ0v) is 17.0. The van der Waals surface area contributed by atoms with Gasteiger partial charge in [-0.25, -0.2) is 8.42 Å². The van der Waals surface area contributed by atoms with Crippen LogP contribution < -0.4 is 4.90 Å². The molecule has 4 nitrogen and oxygen atoms in total. The molecule has 0 spiro atoms. The average Bonchev–Trinajstić information content (AvgIpc) is 2.62. The largest absolute Gasteiger partial charge is 0.396 e. The summed E-state index contributed by atoms with van der Waals surface area (Å²) in [5.41, 5.74) is 5.41. The monoisotopic (exact) mass is 383 g/mol. The van der Waals surface area contributed by atoms with Crippen LogP contribution in [0.4, 0.5) is 5.69 Å². The van der Waals surface area contributed by atoms with Crippen LogP contribution in [0.15, 0.2) is 53.4 Å². The van der Waals surface area contributed by atoms with Gasteiger partial charge in [-0.1, -0.05) is 24.3 Å². The van der Waals surface area contributed by atoms with E-state index in [2.05, 4.69) is 36.1 Å². The van der Waals surface area contributed by atoms with Gasteiger partial charge in [-0.3, -0.25) is 0 Å². The minimum atomic E-state index is -3.21. The number of nitrogens with zero attached hydrogens (tertiary/aromatic N) is 1. The van der Waals surface area contributed by atoms with E-state index in [1.165, 1.54) is 6.26 Å². The highest BCUT2D eigenvalue weighted by atomic mass is 32.2. The Hall–Kier alpha value is -2.37. The number of aryl methyl sites for hydroxylation is 1. The van der Waals surface area contributed by atoms with E-state index in [1.807, 2.05) is 26.2 Å². The highest BCUT2D eigenvalue weighted by Gasteiger charge is 2.13. The van der Waals surface area contributed by atoms with Crippen LogP contribution in [0.1, 0.15) is 11.1 Å². The van der Waals surface area contributed by atoms with E-state index in [4.69, 9.17) is 0 Å². The van der Waals surface area contributed by atoms with Crippen LogP contribution in [-0.4, -0.2) is 40.5 Å². The maximum atomic E-state index is 11.7. The summed E-state index contributed by atoms with van der Waals surface area (Å²) in [6.45, 7) is 2.16. The number of fused-ring (bicyclic) bond motifs is 1. The van der Waals surface area contributed by atoms with Crippen molar-refractivity contribution in [1.82, 2.24) is 0 Å². The first-order valence-corrected chi connectivity index (χ1v) is 10.8. The van der Waals surface area contributed by atoms with E-state index < -0.39 is 9.84 Å². The number of rotatable bonds is 5. The van der Waals surface area contributed by atoms with Gasteiger partial charge < -0.3 is 10.0 Å². The van der Waals surface area contributed by atoms with Gasteiger partial charge in [-0.2, -0.15) is 0 Å². The van der Waals surface area contributed by atoms with Crippen LogP contribution in [0.3, 0.4) is 0 Å². The Labute approximate surface area is 161 Å².